The monoisotopic (exact) mass is 313 g/mol. The van der Waals surface area contributed by atoms with Crippen LogP contribution in [-0.4, -0.2) is 50.5 Å². The van der Waals surface area contributed by atoms with E-state index in [1.165, 1.54) is 32.4 Å². The summed E-state index contributed by atoms with van der Waals surface area (Å²) in [6.07, 6.45) is 4.06. The highest BCUT2D eigenvalue weighted by atomic mass is 32.2. The van der Waals surface area contributed by atoms with Gasteiger partial charge in [0.1, 0.15) is 5.52 Å². The molecule has 1 N–H and O–H groups in total. The zero-order valence-corrected chi connectivity index (χ0v) is 13.3. The van der Waals surface area contributed by atoms with E-state index in [1.807, 2.05) is 18.2 Å². The Hall–Kier alpha value is -1.66. The van der Waals surface area contributed by atoms with Crippen LogP contribution < -0.4 is 0 Å². The summed E-state index contributed by atoms with van der Waals surface area (Å²) < 4.78 is 0. The predicted molar refractivity (Wildman–Crippen MR) is 90.2 cm³/mol. The van der Waals surface area contributed by atoms with Gasteiger partial charge < -0.3 is 9.88 Å². The number of aromatic amines is 1. The highest BCUT2D eigenvalue weighted by Gasteiger charge is 2.11. The number of nitrogens with zero attached hydrogens (tertiary/aromatic N) is 4. The van der Waals surface area contributed by atoms with Crippen LogP contribution in [0.25, 0.3) is 22.1 Å². The Morgan fingerprint density at radius 1 is 1.09 bits per heavy atom. The maximum Gasteiger partial charge on any atom is 0.209 e. The molecule has 0 spiro atoms. The number of aromatic nitrogens is 4. The number of piperidine rings is 1. The molecule has 0 saturated carbocycles. The van der Waals surface area contributed by atoms with Crippen molar-refractivity contribution < 1.29 is 0 Å². The Bertz CT molecular complexity index is 778. The lowest BCUT2D eigenvalue weighted by Crippen LogP contribution is -2.31. The fourth-order valence-electron chi connectivity index (χ4n) is 3.02. The second kappa shape index (κ2) is 6.22. The quantitative estimate of drug-likeness (QED) is 0.750. The van der Waals surface area contributed by atoms with Crippen molar-refractivity contribution in [3.8, 4) is 0 Å². The molecule has 1 fully saturated rings. The van der Waals surface area contributed by atoms with E-state index in [0.29, 0.717) is 0 Å². The van der Waals surface area contributed by atoms with Crippen molar-refractivity contribution in [2.24, 2.45) is 0 Å². The number of rotatable bonds is 4. The van der Waals surface area contributed by atoms with Gasteiger partial charge in [-0.05, 0) is 32.0 Å². The molecule has 1 saturated heterocycles. The topological polar surface area (TPSA) is 57.7 Å². The third-order valence-electron chi connectivity index (χ3n) is 4.19. The van der Waals surface area contributed by atoms with E-state index in [4.69, 9.17) is 0 Å². The van der Waals surface area contributed by atoms with Gasteiger partial charge in [-0.3, -0.25) is 0 Å². The van der Waals surface area contributed by atoms with Crippen LogP contribution in [-0.2, 0) is 0 Å². The molecule has 1 aliphatic rings. The number of H-pyrrole nitrogens is 1. The molecule has 6 heteroatoms. The van der Waals surface area contributed by atoms with Crippen LogP contribution in [0.3, 0.4) is 0 Å². The largest absolute Gasteiger partial charge is 0.336 e. The van der Waals surface area contributed by atoms with E-state index in [2.05, 4.69) is 31.1 Å². The Labute approximate surface area is 133 Å². The van der Waals surface area contributed by atoms with Crippen LogP contribution in [0.1, 0.15) is 19.3 Å². The van der Waals surface area contributed by atoms with Gasteiger partial charge in [-0.2, -0.15) is 0 Å². The summed E-state index contributed by atoms with van der Waals surface area (Å²) in [5.74, 6) is 1.02. The van der Waals surface area contributed by atoms with Crippen LogP contribution in [0, 0.1) is 0 Å². The smallest absolute Gasteiger partial charge is 0.209 e. The van der Waals surface area contributed by atoms with Crippen molar-refractivity contribution in [3.63, 3.8) is 0 Å². The van der Waals surface area contributed by atoms with Gasteiger partial charge in [0.25, 0.3) is 0 Å². The summed E-state index contributed by atoms with van der Waals surface area (Å²) in [7, 11) is 0. The summed E-state index contributed by atoms with van der Waals surface area (Å²) in [6, 6.07) is 8.16. The van der Waals surface area contributed by atoms with Crippen LogP contribution in [0.4, 0.5) is 0 Å². The first-order valence-corrected chi connectivity index (χ1v) is 8.85. The van der Waals surface area contributed by atoms with Gasteiger partial charge in [-0.15, -0.1) is 10.2 Å². The molecule has 5 nitrogen and oxygen atoms in total. The van der Waals surface area contributed by atoms with Gasteiger partial charge >= 0.3 is 0 Å². The molecule has 3 heterocycles. The lowest BCUT2D eigenvalue weighted by atomic mass is 10.1. The molecule has 22 heavy (non-hydrogen) atoms. The molecule has 0 atom stereocenters. The average molecular weight is 313 g/mol. The van der Waals surface area contributed by atoms with E-state index in [9.17, 15) is 0 Å². The second-order valence-electron chi connectivity index (χ2n) is 5.71. The SMILES string of the molecule is c1ccc2c(c1)[nH]c1nnc(SCCN3CCCCC3)nc12. The molecule has 4 rings (SSSR count). The normalized spacial score (nSPS) is 16.5. The first kappa shape index (κ1) is 14.0. The molecule has 3 aromatic rings. The number of likely N-dealkylation sites (tertiary alicyclic amines) is 1. The molecule has 0 radical (unpaired) electrons. The average Bonchev–Trinajstić information content (AvgIpc) is 2.94. The molecular weight excluding hydrogens is 294 g/mol. The lowest BCUT2D eigenvalue weighted by molar-refractivity contribution is 0.242. The van der Waals surface area contributed by atoms with Gasteiger partial charge in [-0.1, -0.05) is 36.4 Å². The first-order chi connectivity index (χ1) is 10.9. The summed E-state index contributed by atoms with van der Waals surface area (Å²) >= 11 is 1.70. The van der Waals surface area contributed by atoms with E-state index in [1.54, 1.807) is 11.8 Å². The van der Waals surface area contributed by atoms with E-state index in [-0.39, 0.29) is 0 Å². The Morgan fingerprint density at radius 2 is 1.95 bits per heavy atom. The number of para-hydroxylation sites is 1. The number of hydrogen-bond donors (Lipinski definition) is 1. The summed E-state index contributed by atoms with van der Waals surface area (Å²) in [4.78, 5) is 10.5. The minimum Gasteiger partial charge on any atom is -0.336 e. The third kappa shape index (κ3) is 2.80. The van der Waals surface area contributed by atoms with Crippen molar-refractivity contribution in [2.45, 2.75) is 24.4 Å². The molecular formula is C16H19N5S. The van der Waals surface area contributed by atoms with Gasteiger partial charge in [0.15, 0.2) is 5.65 Å². The van der Waals surface area contributed by atoms with Crippen molar-refractivity contribution >= 4 is 33.8 Å². The zero-order chi connectivity index (χ0) is 14.8. The third-order valence-corrected chi connectivity index (χ3v) is 5.01. The Balaban J connectivity index is 1.48. The highest BCUT2D eigenvalue weighted by molar-refractivity contribution is 7.99. The zero-order valence-electron chi connectivity index (χ0n) is 12.5. The highest BCUT2D eigenvalue weighted by Crippen LogP contribution is 2.23. The van der Waals surface area contributed by atoms with E-state index >= 15 is 0 Å². The van der Waals surface area contributed by atoms with E-state index < -0.39 is 0 Å². The second-order valence-corrected chi connectivity index (χ2v) is 6.78. The predicted octanol–water partition coefficient (Wildman–Crippen LogP) is 3.08. The fraction of sp³-hybridized carbons (Fsp3) is 0.438. The minimum absolute atomic E-state index is 0.765. The first-order valence-electron chi connectivity index (χ1n) is 7.86. The molecule has 114 valence electrons. The number of fused-ring (bicyclic) bond motifs is 3. The minimum atomic E-state index is 0.765. The number of hydrogen-bond acceptors (Lipinski definition) is 5. The summed E-state index contributed by atoms with van der Waals surface area (Å²) in [5, 5.41) is 10.4. The van der Waals surface area contributed by atoms with E-state index in [0.717, 1.165) is 39.5 Å². The summed E-state index contributed by atoms with van der Waals surface area (Å²) in [5.41, 5.74) is 2.75. The Morgan fingerprint density at radius 3 is 2.86 bits per heavy atom. The number of benzene rings is 1. The fourth-order valence-corrected chi connectivity index (χ4v) is 3.81. The van der Waals surface area contributed by atoms with Crippen LogP contribution in [0.2, 0.25) is 0 Å². The number of thioether (sulfide) groups is 1. The van der Waals surface area contributed by atoms with Crippen LogP contribution in [0.5, 0.6) is 0 Å². The lowest BCUT2D eigenvalue weighted by Gasteiger charge is -2.25. The van der Waals surface area contributed by atoms with Gasteiger partial charge in [0, 0.05) is 23.2 Å². The maximum atomic E-state index is 4.69. The standard InChI is InChI=1S/C16H19N5S/c1-4-8-21(9-5-1)10-11-22-16-18-14-12-6-2-3-7-13(12)17-15(14)19-20-16/h2-3,6-7H,1,4-5,8-11H2,(H,17,19). The van der Waals surface area contributed by atoms with Crippen LogP contribution >= 0.6 is 11.8 Å². The summed E-state index contributed by atoms with van der Waals surface area (Å²) in [6.45, 7) is 3.59. The maximum absolute atomic E-state index is 4.69. The molecule has 0 amide bonds. The van der Waals surface area contributed by atoms with Crippen molar-refractivity contribution in [3.05, 3.63) is 24.3 Å². The Kier molecular flexibility index (Phi) is 3.95. The van der Waals surface area contributed by atoms with Crippen molar-refractivity contribution in [1.29, 1.82) is 0 Å². The van der Waals surface area contributed by atoms with Gasteiger partial charge in [0.05, 0.1) is 0 Å². The number of nitrogens with one attached hydrogen (secondary N) is 1. The van der Waals surface area contributed by atoms with Crippen molar-refractivity contribution in [1.82, 2.24) is 25.1 Å². The van der Waals surface area contributed by atoms with Crippen molar-refractivity contribution in [2.75, 3.05) is 25.4 Å². The van der Waals surface area contributed by atoms with Gasteiger partial charge in [0.2, 0.25) is 5.16 Å². The van der Waals surface area contributed by atoms with Crippen LogP contribution in [0.15, 0.2) is 29.4 Å². The molecule has 1 aromatic carbocycles. The molecule has 1 aliphatic heterocycles. The molecule has 0 bridgehead atoms. The van der Waals surface area contributed by atoms with Gasteiger partial charge in [-0.25, -0.2) is 4.98 Å². The molecule has 0 aliphatic carbocycles. The molecule has 2 aromatic heterocycles. The molecule has 0 unspecified atom stereocenters.